The van der Waals surface area contributed by atoms with E-state index in [0.29, 0.717) is 11.5 Å². The molecule has 0 unspecified atom stereocenters. The Kier molecular flexibility index (Phi) is 2.75. The van der Waals surface area contributed by atoms with Crippen LogP contribution in [0.3, 0.4) is 0 Å². The molecule has 0 spiro atoms. The first kappa shape index (κ1) is 12.2. The van der Waals surface area contributed by atoms with Gasteiger partial charge in [0.1, 0.15) is 11.3 Å². The fourth-order valence-electron chi connectivity index (χ4n) is 2.29. The number of oxazole rings is 1. The van der Waals surface area contributed by atoms with Crippen LogP contribution in [0.25, 0.3) is 33.0 Å². The van der Waals surface area contributed by atoms with Gasteiger partial charge in [-0.3, -0.25) is 0 Å². The van der Waals surface area contributed by atoms with Crippen LogP contribution in [0.5, 0.6) is 5.75 Å². The number of thiophene rings is 1. The predicted molar refractivity (Wildman–Crippen MR) is 84.4 cm³/mol. The summed E-state index contributed by atoms with van der Waals surface area (Å²) < 4.78 is 5.81. The van der Waals surface area contributed by atoms with E-state index < -0.39 is 0 Å². The normalized spacial score (nSPS) is 11.0. The van der Waals surface area contributed by atoms with Crippen molar-refractivity contribution in [3.63, 3.8) is 0 Å². The number of phenols is 1. The van der Waals surface area contributed by atoms with Crippen molar-refractivity contribution in [1.82, 2.24) is 4.98 Å². The lowest BCUT2D eigenvalue weighted by atomic mass is 10.2. The van der Waals surface area contributed by atoms with Gasteiger partial charge in [-0.2, -0.15) is 0 Å². The van der Waals surface area contributed by atoms with E-state index in [4.69, 9.17) is 4.42 Å². The van der Waals surface area contributed by atoms with E-state index >= 15 is 0 Å². The first-order valence-electron chi connectivity index (χ1n) is 6.54. The molecule has 4 aromatic rings. The Morgan fingerprint density at radius 2 is 1.90 bits per heavy atom. The topological polar surface area (TPSA) is 46.3 Å². The molecule has 1 N–H and O–H groups in total. The van der Waals surface area contributed by atoms with Crippen molar-refractivity contribution in [1.29, 1.82) is 0 Å². The number of fused-ring (bicyclic) bond motifs is 1. The lowest BCUT2D eigenvalue weighted by Gasteiger charge is -1.97. The van der Waals surface area contributed by atoms with Crippen molar-refractivity contribution in [2.24, 2.45) is 0 Å². The molecule has 2 heterocycles. The number of rotatable bonds is 2. The molecule has 4 heteroatoms. The lowest BCUT2D eigenvalue weighted by molar-refractivity contribution is 0.474. The molecular formula is C17H11NO2S. The Balaban J connectivity index is 1.85. The highest BCUT2D eigenvalue weighted by Crippen LogP contribution is 2.33. The van der Waals surface area contributed by atoms with Gasteiger partial charge < -0.3 is 9.52 Å². The molecule has 0 radical (unpaired) electrons. The molecule has 102 valence electrons. The molecule has 0 bridgehead atoms. The van der Waals surface area contributed by atoms with Gasteiger partial charge in [0, 0.05) is 4.88 Å². The number of hydrogen-bond donors (Lipinski definition) is 1. The van der Waals surface area contributed by atoms with Crippen LogP contribution in [0, 0.1) is 0 Å². The summed E-state index contributed by atoms with van der Waals surface area (Å²) in [5.41, 5.74) is 3.22. The minimum Gasteiger partial charge on any atom is -0.507 e. The van der Waals surface area contributed by atoms with Gasteiger partial charge in [-0.05, 0) is 41.3 Å². The fourth-order valence-corrected chi connectivity index (χ4v) is 3.01. The predicted octanol–water partition coefficient (Wildman–Crippen LogP) is 4.93. The van der Waals surface area contributed by atoms with E-state index in [1.165, 1.54) is 4.88 Å². The molecule has 0 aliphatic heterocycles. The van der Waals surface area contributed by atoms with Crippen molar-refractivity contribution >= 4 is 22.4 Å². The third-order valence-corrected chi connectivity index (χ3v) is 4.25. The number of para-hydroxylation sites is 1. The highest BCUT2D eigenvalue weighted by Gasteiger charge is 2.12. The molecular weight excluding hydrogens is 282 g/mol. The Morgan fingerprint density at radius 1 is 1.00 bits per heavy atom. The Hall–Kier alpha value is -2.59. The molecule has 0 saturated carbocycles. The van der Waals surface area contributed by atoms with E-state index in [1.54, 1.807) is 29.5 Å². The summed E-state index contributed by atoms with van der Waals surface area (Å²) in [6.07, 6.45) is 0. The van der Waals surface area contributed by atoms with E-state index in [-0.39, 0.29) is 5.75 Å². The molecule has 3 nitrogen and oxygen atoms in total. The highest BCUT2D eigenvalue weighted by molar-refractivity contribution is 7.13. The van der Waals surface area contributed by atoms with Gasteiger partial charge in [-0.1, -0.05) is 24.3 Å². The standard InChI is InChI=1S/C17H11NO2S/c19-14-5-2-1-4-12(14)17-18-13-8-7-11(10-15(13)20-17)16-6-3-9-21-16/h1-10,19H. The third-order valence-electron chi connectivity index (χ3n) is 3.33. The van der Waals surface area contributed by atoms with Crippen molar-refractivity contribution in [3.05, 3.63) is 60.0 Å². The number of nitrogens with zero attached hydrogens (tertiary/aromatic N) is 1. The van der Waals surface area contributed by atoms with Gasteiger partial charge in [0.2, 0.25) is 5.89 Å². The summed E-state index contributed by atoms with van der Waals surface area (Å²) >= 11 is 1.69. The van der Waals surface area contributed by atoms with Crippen LogP contribution in [-0.2, 0) is 0 Å². The smallest absolute Gasteiger partial charge is 0.231 e. The summed E-state index contributed by atoms with van der Waals surface area (Å²) in [5, 5.41) is 11.9. The second-order valence-electron chi connectivity index (χ2n) is 4.70. The van der Waals surface area contributed by atoms with E-state index in [0.717, 1.165) is 16.7 Å². The third kappa shape index (κ3) is 2.10. The molecule has 0 saturated heterocycles. The van der Waals surface area contributed by atoms with Crippen LogP contribution in [0.15, 0.2) is 64.4 Å². The van der Waals surface area contributed by atoms with Crippen molar-refractivity contribution in [2.75, 3.05) is 0 Å². The molecule has 0 atom stereocenters. The maximum atomic E-state index is 9.90. The zero-order valence-corrected chi connectivity index (χ0v) is 11.8. The zero-order valence-electron chi connectivity index (χ0n) is 11.0. The second-order valence-corrected chi connectivity index (χ2v) is 5.64. The summed E-state index contributed by atoms with van der Waals surface area (Å²) in [7, 11) is 0. The van der Waals surface area contributed by atoms with Crippen molar-refractivity contribution in [2.45, 2.75) is 0 Å². The minimum absolute atomic E-state index is 0.169. The number of benzene rings is 2. The fraction of sp³-hybridized carbons (Fsp3) is 0. The maximum Gasteiger partial charge on any atom is 0.231 e. The summed E-state index contributed by atoms with van der Waals surface area (Å²) in [6, 6.07) is 17.1. The lowest BCUT2D eigenvalue weighted by Crippen LogP contribution is -1.77. The number of aromatic hydroxyl groups is 1. The van der Waals surface area contributed by atoms with Crippen LogP contribution in [0.4, 0.5) is 0 Å². The number of hydrogen-bond acceptors (Lipinski definition) is 4. The van der Waals surface area contributed by atoms with Crippen LogP contribution in [-0.4, -0.2) is 10.1 Å². The van der Waals surface area contributed by atoms with Gasteiger partial charge in [0.05, 0.1) is 5.56 Å². The van der Waals surface area contributed by atoms with Crippen molar-refractivity contribution < 1.29 is 9.52 Å². The minimum atomic E-state index is 0.169. The van der Waals surface area contributed by atoms with Gasteiger partial charge in [0.15, 0.2) is 5.58 Å². The van der Waals surface area contributed by atoms with Gasteiger partial charge in [-0.15, -0.1) is 11.3 Å². The zero-order chi connectivity index (χ0) is 14.2. The molecule has 0 fully saturated rings. The number of phenolic OH excluding ortho intramolecular Hbond substituents is 1. The quantitative estimate of drug-likeness (QED) is 0.570. The van der Waals surface area contributed by atoms with Crippen LogP contribution in [0.1, 0.15) is 0 Å². The first-order chi connectivity index (χ1) is 10.3. The Morgan fingerprint density at radius 3 is 2.71 bits per heavy atom. The van der Waals surface area contributed by atoms with Gasteiger partial charge in [-0.25, -0.2) is 4.98 Å². The SMILES string of the molecule is Oc1ccccc1-c1nc2ccc(-c3cccs3)cc2o1. The van der Waals surface area contributed by atoms with Crippen molar-refractivity contribution in [3.8, 4) is 27.6 Å². The van der Waals surface area contributed by atoms with E-state index in [9.17, 15) is 5.11 Å². The highest BCUT2D eigenvalue weighted by atomic mass is 32.1. The second kappa shape index (κ2) is 4.75. The molecule has 0 aliphatic carbocycles. The Labute approximate surface area is 125 Å². The molecule has 21 heavy (non-hydrogen) atoms. The first-order valence-corrected chi connectivity index (χ1v) is 7.42. The molecule has 4 rings (SSSR count). The van der Waals surface area contributed by atoms with Gasteiger partial charge >= 0.3 is 0 Å². The average Bonchev–Trinajstić information content (AvgIpc) is 3.16. The van der Waals surface area contributed by atoms with Crippen LogP contribution < -0.4 is 0 Å². The van der Waals surface area contributed by atoms with Crippen LogP contribution in [0.2, 0.25) is 0 Å². The summed E-state index contributed by atoms with van der Waals surface area (Å²) in [4.78, 5) is 5.64. The largest absolute Gasteiger partial charge is 0.507 e. The van der Waals surface area contributed by atoms with E-state index in [2.05, 4.69) is 11.1 Å². The van der Waals surface area contributed by atoms with E-state index in [1.807, 2.05) is 35.7 Å². The van der Waals surface area contributed by atoms with Crippen LogP contribution >= 0.6 is 11.3 Å². The molecule has 0 amide bonds. The molecule has 2 aromatic heterocycles. The molecule has 2 aromatic carbocycles. The monoisotopic (exact) mass is 293 g/mol. The molecule has 0 aliphatic rings. The van der Waals surface area contributed by atoms with Gasteiger partial charge in [0.25, 0.3) is 0 Å². The summed E-state index contributed by atoms with van der Waals surface area (Å²) in [6.45, 7) is 0. The maximum absolute atomic E-state index is 9.90. The Bertz CT molecular complexity index is 910. The summed E-state index contributed by atoms with van der Waals surface area (Å²) in [5.74, 6) is 0.606. The number of aromatic nitrogens is 1. The average molecular weight is 293 g/mol.